The van der Waals surface area contributed by atoms with Gasteiger partial charge in [0.1, 0.15) is 0 Å². The Bertz CT molecular complexity index is 372. The fourth-order valence-corrected chi connectivity index (χ4v) is 2.61. The summed E-state index contributed by atoms with van der Waals surface area (Å²) in [7, 11) is 0. The van der Waals surface area contributed by atoms with Gasteiger partial charge >= 0.3 is 0 Å². The lowest BCUT2D eigenvalue weighted by Gasteiger charge is -2.13. The highest BCUT2D eigenvalue weighted by molar-refractivity contribution is 5.67. The van der Waals surface area contributed by atoms with Crippen molar-refractivity contribution in [2.24, 2.45) is 0 Å². The summed E-state index contributed by atoms with van der Waals surface area (Å²) in [5.41, 5.74) is 2.39. The van der Waals surface area contributed by atoms with Crippen LogP contribution in [0.25, 0.3) is 5.57 Å². The summed E-state index contributed by atoms with van der Waals surface area (Å²) in [5.74, 6) is 0. The van der Waals surface area contributed by atoms with E-state index in [0.29, 0.717) is 6.04 Å². The molecule has 3 rings (SSSR count). The number of fused-ring (bicyclic) bond motifs is 2. The van der Waals surface area contributed by atoms with Crippen molar-refractivity contribution in [3.8, 4) is 0 Å². The van der Waals surface area contributed by atoms with Gasteiger partial charge in [-0.25, -0.2) is 0 Å². The molecule has 0 amide bonds. The van der Waals surface area contributed by atoms with E-state index >= 15 is 0 Å². The zero-order valence-corrected chi connectivity index (χ0v) is 8.69. The van der Waals surface area contributed by atoms with Crippen molar-refractivity contribution in [1.29, 1.82) is 0 Å². The predicted octanol–water partition coefficient (Wildman–Crippen LogP) is 1.77. The molecule has 3 heterocycles. The topological polar surface area (TPSA) is 37.8 Å². The molecule has 15 heavy (non-hydrogen) atoms. The Morgan fingerprint density at radius 3 is 3.13 bits per heavy atom. The first kappa shape index (κ1) is 9.04. The second-order valence-electron chi connectivity index (χ2n) is 4.34. The maximum atomic E-state index is 4.20. The van der Waals surface area contributed by atoms with E-state index in [9.17, 15) is 0 Å². The number of allylic oxidation sites excluding steroid dienone is 1. The Morgan fingerprint density at radius 2 is 2.27 bits per heavy atom. The van der Waals surface area contributed by atoms with Crippen molar-refractivity contribution in [2.45, 2.75) is 37.8 Å². The first-order chi connectivity index (χ1) is 7.43. The Balaban J connectivity index is 1.94. The van der Waals surface area contributed by atoms with E-state index in [0.717, 1.165) is 11.7 Å². The van der Waals surface area contributed by atoms with Crippen LogP contribution in [0.5, 0.6) is 0 Å². The van der Waals surface area contributed by atoms with Gasteiger partial charge in [-0.15, -0.1) is 0 Å². The highest BCUT2D eigenvalue weighted by atomic mass is 15.1. The fraction of sp³-hybridized carbons (Fsp3) is 0.500. The van der Waals surface area contributed by atoms with Gasteiger partial charge in [0, 0.05) is 18.3 Å². The monoisotopic (exact) mass is 201 g/mol. The molecule has 78 valence electrons. The van der Waals surface area contributed by atoms with E-state index in [4.69, 9.17) is 0 Å². The summed E-state index contributed by atoms with van der Waals surface area (Å²) in [4.78, 5) is 0. The predicted molar refractivity (Wildman–Crippen MR) is 59.2 cm³/mol. The number of hydrogen-bond donors (Lipinski definition) is 1. The van der Waals surface area contributed by atoms with Crippen LogP contribution in [0.3, 0.4) is 0 Å². The Kier molecular flexibility index (Phi) is 2.25. The smallest absolute Gasteiger partial charge is 0.0901 e. The van der Waals surface area contributed by atoms with Crippen LogP contribution >= 0.6 is 0 Å². The van der Waals surface area contributed by atoms with E-state index in [-0.39, 0.29) is 0 Å². The highest BCUT2D eigenvalue weighted by Gasteiger charge is 2.29. The number of hydrogen-bond acceptors (Lipinski definition) is 3. The van der Waals surface area contributed by atoms with Crippen LogP contribution in [0.4, 0.5) is 0 Å². The third-order valence-corrected chi connectivity index (χ3v) is 3.36. The second kappa shape index (κ2) is 3.74. The minimum atomic E-state index is 0.509. The Morgan fingerprint density at radius 1 is 1.27 bits per heavy atom. The zero-order chi connectivity index (χ0) is 10.1. The minimum absolute atomic E-state index is 0.509. The number of rotatable bonds is 1. The molecule has 2 atom stereocenters. The van der Waals surface area contributed by atoms with Gasteiger partial charge < -0.3 is 5.32 Å². The molecule has 0 radical (unpaired) electrons. The number of nitrogens with one attached hydrogen (secondary N) is 1. The normalized spacial score (nSPS) is 29.7. The van der Waals surface area contributed by atoms with E-state index in [1.54, 1.807) is 6.20 Å². The van der Waals surface area contributed by atoms with Gasteiger partial charge in [0.25, 0.3) is 0 Å². The zero-order valence-electron chi connectivity index (χ0n) is 8.69. The first-order valence-corrected chi connectivity index (χ1v) is 5.67. The average molecular weight is 201 g/mol. The van der Waals surface area contributed by atoms with Crippen LogP contribution in [0.2, 0.25) is 0 Å². The first-order valence-electron chi connectivity index (χ1n) is 5.67. The molecule has 2 aliphatic rings. The van der Waals surface area contributed by atoms with Gasteiger partial charge in [0.2, 0.25) is 0 Å². The molecule has 2 aliphatic heterocycles. The maximum Gasteiger partial charge on any atom is 0.0901 e. The summed E-state index contributed by atoms with van der Waals surface area (Å²) < 4.78 is 0. The molecule has 3 nitrogen and oxygen atoms in total. The van der Waals surface area contributed by atoms with Gasteiger partial charge in [-0.05, 0) is 43.4 Å². The lowest BCUT2D eigenvalue weighted by molar-refractivity contribution is 0.559. The van der Waals surface area contributed by atoms with E-state index in [1.165, 1.54) is 31.3 Å². The molecular formula is C12H15N3. The lowest BCUT2D eigenvalue weighted by atomic mass is 9.97. The van der Waals surface area contributed by atoms with Gasteiger partial charge in [-0.2, -0.15) is 10.2 Å². The Hall–Kier alpha value is -1.22. The van der Waals surface area contributed by atoms with Crippen LogP contribution in [0.15, 0.2) is 24.4 Å². The largest absolute Gasteiger partial charge is 0.307 e. The molecule has 1 fully saturated rings. The fourth-order valence-electron chi connectivity index (χ4n) is 2.61. The quantitative estimate of drug-likeness (QED) is 0.752. The molecule has 1 saturated heterocycles. The van der Waals surface area contributed by atoms with Crippen molar-refractivity contribution >= 4 is 5.57 Å². The third kappa shape index (κ3) is 1.67. The van der Waals surface area contributed by atoms with Gasteiger partial charge in [0.15, 0.2) is 0 Å². The summed E-state index contributed by atoms with van der Waals surface area (Å²) in [6.07, 6.45) is 9.04. The molecular weight excluding hydrogens is 186 g/mol. The molecule has 1 aromatic rings. The molecule has 3 heteroatoms. The summed E-state index contributed by atoms with van der Waals surface area (Å²) >= 11 is 0. The average Bonchev–Trinajstić information content (AvgIpc) is 2.61. The van der Waals surface area contributed by atoms with Gasteiger partial charge in [-0.1, -0.05) is 6.08 Å². The van der Waals surface area contributed by atoms with Crippen LogP contribution in [-0.2, 0) is 0 Å². The Labute approximate surface area is 89.6 Å². The van der Waals surface area contributed by atoms with Gasteiger partial charge in [-0.3, -0.25) is 0 Å². The van der Waals surface area contributed by atoms with E-state index in [2.05, 4.69) is 27.7 Å². The number of aromatic nitrogens is 2. The summed E-state index contributed by atoms with van der Waals surface area (Å²) in [6.45, 7) is 0. The third-order valence-electron chi connectivity index (χ3n) is 3.36. The standard InChI is InChI=1S/C12H15N3/c1-3-9-6-7-11(14-9)10(4-1)12-5-2-8-13-15-12/h2,4-5,8-9,11,14H,1,3,6-7H2. The second-order valence-corrected chi connectivity index (χ2v) is 4.34. The van der Waals surface area contributed by atoms with Gasteiger partial charge in [0.05, 0.1) is 5.69 Å². The molecule has 2 bridgehead atoms. The molecule has 1 N–H and O–H groups in total. The van der Waals surface area contributed by atoms with E-state index < -0.39 is 0 Å². The minimum Gasteiger partial charge on any atom is -0.307 e. The molecule has 0 saturated carbocycles. The molecule has 0 aliphatic carbocycles. The molecule has 2 unspecified atom stereocenters. The van der Waals surface area contributed by atoms with Crippen LogP contribution in [0.1, 0.15) is 31.4 Å². The van der Waals surface area contributed by atoms with Crippen molar-refractivity contribution in [3.05, 3.63) is 30.1 Å². The van der Waals surface area contributed by atoms with Crippen molar-refractivity contribution in [2.75, 3.05) is 0 Å². The van der Waals surface area contributed by atoms with E-state index in [1.807, 2.05) is 6.07 Å². The molecule has 0 aromatic carbocycles. The molecule has 1 aromatic heterocycles. The van der Waals surface area contributed by atoms with Crippen LogP contribution < -0.4 is 5.32 Å². The highest BCUT2D eigenvalue weighted by Crippen LogP contribution is 2.30. The maximum absolute atomic E-state index is 4.20. The SMILES string of the molecule is C1=C(c2cccnn2)C2CCC(CC1)N2. The van der Waals surface area contributed by atoms with Crippen LogP contribution in [-0.4, -0.2) is 22.3 Å². The molecule has 0 spiro atoms. The number of nitrogens with zero attached hydrogens (tertiary/aromatic N) is 2. The summed E-state index contributed by atoms with van der Waals surface area (Å²) in [6, 6.07) is 5.24. The summed E-state index contributed by atoms with van der Waals surface area (Å²) in [5, 5.41) is 11.8. The lowest BCUT2D eigenvalue weighted by Crippen LogP contribution is -2.28. The van der Waals surface area contributed by atoms with Crippen molar-refractivity contribution in [1.82, 2.24) is 15.5 Å². The van der Waals surface area contributed by atoms with Crippen molar-refractivity contribution in [3.63, 3.8) is 0 Å². The van der Waals surface area contributed by atoms with Crippen LogP contribution in [0, 0.1) is 0 Å². The van der Waals surface area contributed by atoms with Crippen molar-refractivity contribution < 1.29 is 0 Å².